The lowest BCUT2D eigenvalue weighted by molar-refractivity contribution is 0.195. The van der Waals surface area contributed by atoms with Crippen LogP contribution in [0.2, 0.25) is 5.15 Å². The normalized spacial score (nSPS) is 21.1. The van der Waals surface area contributed by atoms with Crippen molar-refractivity contribution >= 4 is 11.6 Å². The minimum atomic E-state index is 0.611. The van der Waals surface area contributed by atoms with Gasteiger partial charge in [0.25, 0.3) is 0 Å². The molecule has 1 saturated heterocycles. The van der Waals surface area contributed by atoms with Gasteiger partial charge in [-0.3, -0.25) is 9.58 Å². The maximum Gasteiger partial charge on any atom is 0.131 e. The van der Waals surface area contributed by atoms with Crippen LogP contribution in [0.4, 0.5) is 0 Å². The van der Waals surface area contributed by atoms with Crippen molar-refractivity contribution < 1.29 is 0 Å². The molecule has 1 aliphatic rings. The first kappa shape index (κ1) is 12.9. The van der Waals surface area contributed by atoms with Gasteiger partial charge in [0.2, 0.25) is 0 Å². The van der Waals surface area contributed by atoms with Crippen molar-refractivity contribution in [3.63, 3.8) is 0 Å². The fourth-order valence-electron chi connectivity index (χ4n) is 2.44. The molecule has 1 aliphatic heterocycles. The molecule has 1 aromatic heterocycles. The van der Waals surface area contributed by atoms with Crippen LogP contribution in [0.5, 0.6) is 0 Å². The predicted octanol–water partition coefficient (Wildman–Crippen LogP) is 1.57. The molecule has 0 saturated carbocycles. The molecular weight excluding hydrogens is 236 g/mol. The van der Waals surface area contributed by atoms with Crippen molar-refractivity contribution in [3.8, 4) is 0 Å². The fraction of sp³-hybridized carbons (Fsp3) is 0.750. The van der Waals surface area contributed by atoms with Crippen LogP contribution in [0.3, 0.4) is 0 Å². The van der Waals surface area contributed by atoms with Crippen LogP contribution in [0.1, 0.15) is 24.1 Å². The third kappa shape index (κ3) is 2.81. The highest BCUT2D eigenvalue weighted by atomic mass is 35.5. The number of nitrogens with one attached hydrogen (secondary N) is 1. The van der Waals surface area contributed by atoms with Crippen molar-refractivity contribution in [2.45, 2.75) is 32.4 Å². The van der Waals surface area contributed by atoms with E-state index in [1.807, 2.05) is 14.0 Å². The monoisotopic (exact) mass is 256 g/mol. The van der Waals surface area contributed by atoms with Gasteiger partial charge in [-0.2, -0.15) is 5.10 Å². The lowest BCUT2D eigenvalue weighted by atomic mass is 10.1. The van der Waals surface area contributed by atoms with Crippen LogP contribution in [0, 0.1) is 6.92 Å². The van der Waals surface area contributed by atoms with Gasteiger partial charge in [-0.15, -0.1) is 0 Å². The minimum absolute atomic E-state index is 0.611. The molecular formula is C12H21ClN4. The number of likely N-dealkylation sites (N-methyl/N-ethyl adjacent to an activating group) is 1. The molecule has 0 radical (unpaired) electrons. The topological polar surface area (TPSA) is 33.1 Å². The van der Waals surface area contributed by atoms with E-state index in [0.29, 0.717) is 6.04 Å². The molecule has 5 heteroatoms. The van der Waals surface area contributed by atoms with Crippen LogP contribution in [-0.4, -0.2) is 40.9 Å². The van der Waals surface area contributed by atoms with E-state index in [-0.39, 0.29) is 0 Å². The molecule has 0 amide bonds. The van der Waals surface area contributed by atoms with Gasteiger partial charge in [0.15, 0.2) is 0 Å². The Labute approximate surface area is 108 Å². The van der Waals surface area contributed by atoms with E-state index in [1.54, 1.807) is 4.68 Å². The van der Waals surface area contributed by atoms with Crippen molar-refractivity contribution in [1.29, 1.82) is 0 Å². The first-order valence-electron chi connectivity index (χ1n) is 6.18. The quantitative estimate of drug-likeness (QED) is 0.891. The third-order valence-electron chi connectivity index (χ3n) is 3.57. The molecule has 0 spiro atoms. The molecule has 1 N–H and O–H groups in total. The number of aryl methyl sites for hydroxylation is 2. The summed E-state index contributed by atoms with van der Waals surface area (Å²) in [7, 11) is 4.06. The Kier molecular flexibility index (Phi) is 4.07. The van der Waals surface area contributed by atoms with Crippen LogP contribution >= 0.6 is 11.6 Å². The van der Waals surface area contributed by atoms with Gasteiger partial charge in [-0.05, 0) is 33.4 Å². The molecule has 4 nitrogen and oxygen atoms in total. The molecule has 0 aliphatic carbocycles. The standard InChI is InChI=1S/C12H21ClN4/c1-9-11(12(13)17(3)15-9)8-16(2)10-5-4-6-14-7-10/h10,14H,4-8H2,1-3H3. The average Bonchev–Trinajstić information content (AvgIpc) is 2.57. The Balaban J connectivity index is 2.04. The zero-order valence-electron chi connectivity index (χ0n) is 10.8. The Morgan fingerprint density at radius 2 is 2.35 bits per heavy atom. The Bertz CT molecular complexity index is 382. The maximum atomic E-state index is 6.26. The molecule has 2 rings (SSSR count). The Morgan fingerprint density at radius 1 is 1.59 bits per heavy atom. The maximum absolute atomic E-state index is 6.26. The van der Waals surface area contributed by atoms with Crippen LogP contribution < -0.4 is 5.32 Å². The summed E-state index contributed by atoms with van der Waals surface area (Å²) in [5.74, 6) is 0. The number of halogens is 1. The Morgan fingerprint density at radius 3 is 2.88 bits per heavy atom. The van der Waals surface area contributed by atoms with E-state index in [4.69, 9.17) is 11.6 Å². The molecule has 0 aromatic carbocycles. The van der Waals surface area contributed by atoms with Crippen molar-refractivity contribution in [3.05, 3.63) is 16.4 Å². The second-order valence-electron chi connectivity index (χ2n) is 4.89. The molecule has 1 aromatic rings. The smallest absolute Gasteiger partial charge is 0.131 e. The van der Waals surface area contributed by atoms with Gasteiger partial charge >= 0.3 is 0 Å². The number of rotatable bonds is 3. The second-order valence-corrected chi connectivity index (χ2v) is 5.25. The summed E-state index contributed by atoms with van der Waals surface area (Å²) in [5, 5.41) is 8.55. The Hall–Kier alpha value is -0.580. The fourth-order valence-corrected chi connectivity index (χ4v) is 2.68. The van der Waals surface area contributed by atoms with Gasteiger partial charge in [-0.1, -0.05) is 11.6 Å². The lowest BCUT2D eigenvalue weighted by Crippen LogP contribution is -2.43. The summed E-state index contributed by atoms with van der Waals surface area (Å²) in [6.07, 6.45) is 2.52. The van der Waals surface area contributed by atoms with Gasteiger partial charge in [0.05, 0.1) is 5.69 Å². The first-order chi connectivity index (χ1) is 8.09. The zero-order chi connectivity index (χ0) is 12.4. The van der Waals surface area contributed by atoms with E-state index in [1.165, 1.54) is 12.8 Å². The van der Waals surface area contributed by atoms with Crippen LogP contribution in [0.25, 0.3) is 0 Å². The number of aromatic nitrogens is 2. The summed E-state index contributed by atoms with van der Waals surface area (Å²) >= 11 is 6.26. The summed E-state index contributed by atoms with van der Waals surface area (Å²) < 4.78 is 1.75. The predicted molar refractivity (Wildman–Crippen MR) is 70.3 cm³/mol. The minimum Gasteiger partial charge on any atom is -0.315 e. The van der Waals surface area contributed by atoms with Gasteiger partial charge in [0, 0.05) is 31.7 Å². The highest BCUT2D eigenvalue weighted by Crippen LogP contribution is 2.21. The second kappa shape index (κ2) is 5.38. The van der Waals surface area contributed by atoms with E-state index in [9.17, 15) is 0 Å². The molecule has 0 bridgehead atoms. The summed E-state index contributed by atoms with van der Waals surface area (Å²) in [6, 6.07) is 0.611. The van der Waals surface area contributed by atoms with Crippen LogP contribution in [-0.2, 0) is 13.6 Å². The third-order valence-corrected chi connectivity index (χ3v) is 4.04. The number of hydrogen-bond acceptors (Lipinski definition) is 3. The first-order valence-corrected chi connectivity index (χ1v) is 6.56. The summed E-state index contributed by atoms with van der Waals surface area (Å²) in [5.41, 5.74) is 2.19. The summed E-state index contributed by atoms with van der Waals surface area (Å²) in [4.78, 5) is 2.38. The van der Waals surface area contributed by atoms with Crippen molar-refractivity contribution in [1.82, 2.24) is 20.0 Å². The highest BCUT2D eigenvalue weighted by molar-refractivity contribution is 6.30. The number of nitrogens with zero attached hydrogens (tertiary/aromatic N) is 3. The molecule has 1 unspecified atom stereocenters. The van der Waals surface area contributed by atoms with Gasteiger partial charge in [0.1, 0.15) is 5.15 Å². The summed E-state index contributed by atoms with van der Waals surface area (Å²) in [6.45, 7) is 5.13. The van der Waals surface area contributed by atoms with Crippen molar-refractivity contribution in [2.24, 2.45) is 7.05 Å². The highest BCUT2D eigenvalue weighted by Gasteiger charge is 2.20. The molecule has 17 heavy (non-hydrogen) atoms. The SMILES string of the molecule is Cc1nn(C)c(Cl)c1CN(C)C1CCCNC1. The van der Waals surface area contributed by atoms with Crippen LogP contribution in [0.15, 0.2) is 0 Å². The molecule has 96 valence electrons. The average molecular weight is 257 g/mol. The number of hydrogen-bond donors (Lipinski definition) is 1. The number of piperidine rings is 1. The zero-order valence-corrected chi connectivity index (χ0v) is 11.6. The van der Waals surface area contributed by atoms with E-state index < -0.39 is 0 Å². The largest absolute Gasteiger partial charge is 0.315 e. The van der Waals surface area contributed by atoms with E-state index in [2.05, 4.69) is 22.4 Å². The molecule has 1 fully saturated rings. The van der Waals surface area contributed by atoms with E-state index in [0.717, 1.165) is 36.0 Å². The van der Waals surface area contributed by atoms with E-state index >= 15 is 0 Å². The van der Waals surface area contributed by atoms with Gasteiger partial charge < -0.3 is 5.32 Å². The molecule has 1 atom stereocenters. The van der Waals surface area contributed by atoms with Crippen molar-refractivity contribution in [2.75, 3.05) is 20.1 Å². The van der Waals surface area contributed by atoms with Gasteiger partial charge in [-0.25, -0.2) is 0 Å². The molecule has 2 heterocycles. The lowest BCUT2D eigenvalue weighted by Gasteiger charge is -2.31.